The lowest BCUT2D eigenvalue weighted by Gasteiger charge is -2.24. The number of aromatic nitrogens is 5. The van der Waals surface area contributed by atoms with Crippen molar-refractivity contribution in [1.82, 2.24) is 29.6 Å². The summed E-state index contributed by atoms with van der Waals surface area (Å²) in [5.41, 5.74) is 4.28. The molecule has 1 aliphatic rings. The largest absolute Gasteiger partial charge is 0.329 e. The number of ketones is 1. The van der Waals surface area contributed by atoms with Gasteiger partial charge in [-0.1, -0.05) is 19.1 Å². The van der Waals surface area contributed by atoms with Gasteiger partial charge in [-0.15, -0.1) is 0 Å². The zero-order valence-electron chi connectivity index (χ0n) is 22.7. The standard InChI is InChI=1S/C29H31N7O3/c1-16-10-25(29(39)33-28-17(2)6-7-18(3)32-28)35(14-16)26(38)15-36-24-9-8-21(22-12-30-20(5)31-13-22)11-23(24)27(34-36)19(4)37/h6-9,11-13,16,25H,10,14-15H2,1-5H3,(H,32,33,39)/t16-,25+/m1/s1. The van der Waals surface area contributed by atoms with Crippen LogP contribution in [0.3, 0.4) is 0 Å². The number of nitrogens with zero attached hydrogens (tertiary/aromatic N) is 6. The van der Waals surface area contributed by atoms with Crippen molar-refractivity contribution in [2.24, 2.45) is 5.92 Å². The zero-order valence-corrected chi connectivity index (χ0v) is 22.7. The maximum absolute atomic E-state index is 13.6. The van der Waals surface area contributed by atoms with Gasteiger partial charge in [0.05, 0.1) is 5.52 Å². The number of nitrogens with one attached hydrogen (secondary N) is 1. The summed E-state index contributed by atoms with van der Waals surface area (Å²) in [7, 11) is 0. The van der Waals surface area contributed by atoms with Crippen molar-refractivity contribution in [3.8, 4) is 11.1 Å². The first kappa shape index (κ1) is 26.1. The molecule has 3 aromatic heterocycles. The van der Waals surface area contributed by atoms with Gasteiger partial charge in [0.25, 0.3) is 0 Å². The molecule has 1 N–H and O–H groups in total. The van der Waals surface area contributed by atoms with Crippen LogP contribution in [0.15, 0.2) is 42.7 Å². The molecule has 10 nitrogen and oxygen atoms in total. The Morgan fingerprint density at radius 1 is 1.03 bits per heavy atom. The number of Topliss-reactive ketones (excluding diaryl/α,β-unsaturated/α-hetero) is 1. The highest BCUT2D eigenvalue weighted by atomic mass is 16.2. The highest BCUT2D eigenvalue weighted by Crippen LogP contribution is 2.28. The summed E-state index contributed by atoms with van der Waals surface area (Å²) in [6.45, 7) is 9.43. The Morgan fingerprint density at radius 2 is 1.77 bits per heavy atom. The van der Waals surface area contributed by atoms with Crippen molar-refractivity contribution in [3.63, 3.8) is 0 Å². The Hall–Kier alpha value is -4.47. The van der Waals surface area contributed by atoms with Crippen LogP contribution in [0, 0.1) is 26.7 Å². The molecule has 4 heterocycles. The third-order valence-corrected chi connectivity index (χ3v) is 7.09. The van der Waals surface area contributed by atoms with Crippen molar-refractivity contribution < 1.29 is 14.4 Å². The molecule has 5 rings (SSSR count). The molecule has 0 unspecified atom stereocenters. The Labute approximate surface area is 226 Å². The van der Waals surface area contributed by atoms with Crippen molar-refractivity contribution in [3.05, 3.63) is 65.5 Å². The third kappa shape index (κ3) is 5.27. The zero-order chi connectivity index (χ0) is 27.8. The highest BCUT2D eigenvalue weighted by molar-refractivity contribution is 6.06. The van der Waals surface area contributed by atoms with Gasteiger partial charge in [-0.05, 0) is 62.4 Å². The van der Waals surface area contributed by atoms with Gasteiger partial charge in [0.15, 0.2) is 5.78 Å². The van der Waals surface area contributed by atoms with Gasteiger partial charge in [0.2, 0.25) is 11.8 Å². The molecule has 39 heavy (non-hydrogen) atoms. The lowest BCUT2D eigenvalue weighted by molar-refractivity contribution is -0.137. The molecule has 4 aromatic rings. The Balaban J connectivity index is 1.41. The molecule has 1 aliphatic heterocycles. The monoisotopic (exact) mass is 525 g/mol. The minimum atomic E-state index is -0.614. The molecule has 0 saturated carbocycles. The SMILES string of the molecule is CC(=O)c1nn(CC(=O)N2C[C@H](C)C[C@H]2C(=O)Nc2nc(C)ccc2C)c2ccc(-c3cnc(C)nc3)cc12. The van der Waals surface area contributed by atoms with Gasteiger partial charge in [0.1, 0.15) is 29.9 Å². The van der Waals surface area contributed by atoms with Crippen LogP contribution in [0.4, 0.5) is 5.82 Å². The van der Waals surface area contributed by atoms with Crippen molar-refractivity contribution in [2.45, 2.75) is 53.6 Å². The maximum Gasteiger partial charge on any atom is 0.248 e. The number of pyridine rings is 1. The van der Waals surface area contributed by atoms with E-state index in [4.69, 9.17) is 0 Å². The smallest absolute Gasteiger partial charge is 0.248 e. The molecule has 200 valence electrons. The van der Waals surface area contributed by atoms with Crippen LogP contribution in [0.2, 0.25) is 0 Å². The molecule has 1 fully saturated rings. The number of fused-ring (bicyclic) bond motifs is 1. The van der Waals surface area contributed by atoms with E-state index >= 15 is 0 Å². The summed E-state index contributed by atoms with van der Waals surface area (Å²) in [6, 6.07) is 8.80. The van der Waals surface area contributed by atoms with E-state index in [1.165, 1.54) is 6.92 Å². The lowest BCUT2D eigenvalue weighted by Crippen LogP contribution is -2.44. The van der Waals surface area contributed by atoms with Gasteiger partial charge in [-0.3, -0.25) is 19.1 Å². The molecular formula is C29H31N7O3. The number of amides is 2. The lowest BCUT2D eigenvalue weighted by atomic mass is 10.0. The molecule has 1 saturated heterocycles. The summed E-state index contributed by atoms with van der Waals surface area (Å²) in [5.74, 6) is 0.654. The van der Waals surface area contributed by atoms with E-state index < -0.39 is 6.04 Å². The molecule has 0 bridgehead atoms. The van der Waals surface area contributed by atoms with Crippen molar-refractivity contribution in [2.75, 3.05) is 11.9 Å². The topological polar surface area (TPSA) is 123 Å². The van der Waals surface area contributed by atoms with Crippen LogP contribution < -0.4 is 5.32 Å². The van der Waals surface area contributed by atoms with Gasteiger partial charge in [-0.25, -0.2) is 15.0 Å². The molecule has 2 atom stereocenters. The number of anilines is 1. The second-order valence-corrected chi connectivity index (χ2v) is 10.3. The van der Waals surface area contributed by atoms with E-state index in [1.54, 1.807) is 22.0 Å². The number of rotatable bonds is 6. The van der Waals surface area contributed by atoms with E-state index in [0.29, 0.717) is 35.5 Å². The molecule has 10 heteroatoms. The predicted molar refractivity (Wildman–Crippen MR) is 147 cm³/mol. The first-order valence-electron chi connectivity index (χ1n) is 13.0. The summed E-state index contributed by atoms with van der Waals surface area (Å²) in [4.78, 5) is 53.9. The predicted octanol–water partition coefficient (Wildman–Crippen LogP) is 3.89. The second kappa shape index (κ2) is 10.4. The normalized spacial score (nSPS) is 17.0. The summed E-state index contributed by atoms with van der Waals surface area (Å²) in [5, 5.41) is 8.07. The first-order chi connectivity index (χ1) is 18.6. The minimum absolute atomic E-state index is 0.0883. The van der Waals surface area contributed by atoms with E-state index in [-0.39, 0.29) is 35.8 Å². The summed E-state index contributed by atoms with van der Waals surface area (Å²) < 4.78 is 1.55. The van der Waals surface area contributed by atoms with Gasteiger partial charge < -0.3 is 10.2 Å². The van der Waals surface area contributed by atoms with Crippen molar-refractivity contribution in [1.29, 1.82) is 0 Å². The van der Waals surface area contributed by atoms with Crippen LogP contribution in [-0.4, -0.2) is 59.8 Å². The fourth-order valence-electron chi connectivity index (χ4n) is 5.02. The minimum Gasteiger partial charge on any atom is -0.329 e. The number of hydrogen-bond donors (Lipinski definition) is 1. The van der Waals surface area contributed by atoms with Crippen LogP contribution in [0.5, 0.6) is 0 Å². The molecule has 0 aliphatic carbocycles. The van der Waals surface area contributed by atoms with Crippen LogP contribution >= 0.6 is 0 Å². The Morgan fingerprint density at radius 3 is 2.49 bits per heavy atom. The number of likely N-dealkylation sites (tertiary alicyclic amines) is 1. The highest BCUT2D eigenvalue weighted by Gasteiger charge is 2.38. The average Bonchev–Trinajstić information content (AvgIpc) is 3.47. The molecule has 1 aromatic carbocycles. The van der Waals surface area contributed by atoms with Gasteiger partial charge in [0, 0.05) is 42.5 Å². The third-order valence-electron chi connectivity index (χ3n) is 7.09. The maximum atomic E-state index is 13.6. The van der Waals surface area contributed by atoms with E-state index in [2.05, 4.69) is 25.4 Å². The number of hydrogen-bond acceptors (Lipinski definition) is 7. The Bertz CT molecular complexity index is 1590. The molecular weight excluding hydrogens is 494 g/mol. The molecule has 0 radical (unpaired) electrons. The fourth-order valence-corrected chi connectivity index (χ4v) is 5.02. The van der Waals surface area contributed by atoms with Crippen LogP contribution in [0.1, 0.15) is 47.8 Å². The average molecular weight is 526 g/mol. The van der Waals surface area contributed by atoms with E-state index in [0.717, 1.165) is 22.4 Å². The summed E-state index contributed by atoms with van der Waals surface area (Å²) in [6.07, 6.45) is 4.03. The van der Waals surface area contributed by atoms with Gasteiger partial charge >= 0.3 is 0 Å². The second-order valence-electron chi connectivity index (χ2n) is 10.3. The molecule has 2 amide bonds. The summed E-state index contributed by atoms with van der Waals surface area (Å²) >= 11 is 0. The number of aryl methyl sites for hydroxylation is 3. The van der Waals surface area contributed by atoms with E-state index in [1.807, 2.05) is 58.0 Å². The quantitative estimate of drug-likeness (QED) is 0.379. The van der Waals surface area contributed by atoms with E-state index in [9.17, 15) is 14.4 Å². The Kier molecular flexibility index (Phi) is 6.94. The van der Waals surface area contributed by atoms with Gasteiger partial charge in [-0.2, -0.15) is 5.10 Å². The van der Waals surface area contributed by atoms with Crippen molar-refractivity contribution >= 4 is 34.3 Å². The number of carbonyl (C=O) groups excluding carboxylic acids is 3. The fraction of sp³-hybridized carbons (Fsp3) is 0.345. The molecule has 0 spiro atoms. The first-order valence-corrected chi connectivity index (χ1v) is 13.0. The number of carbonyl (C=O) groups is 3. The van der Waals surface area contributed by atoms with Crippen LogP contribution in [0.25, 0.3) is 22.0 Å². The number of benzene rings is 1. The van der Waals surface area contributed by atoms with Crippen LogP contribution in [-0.2, 0) is 16.1 Å².